The second-order valence-electron chi connectivity index (χ2n) is 3.41. The Balaban J connectivity index is 2.29. The smallest absolute Gasteiger partial charge is 0.137 e. The van der Waals surface area contributed by atoms with Gasteiger partial charge in [0, 0.05) is 12.4 Å². The highest BCUT2D eigenvalue weighted by molar-refractivity contribution is 9.10. The largest absolute Gasteiger partial charge is 0.298 e. The van der Waals surface area contributed by atoms with Crippen LogP contribution in [0.3, 0.4) is 0 Å². The highest BCUT2D eigenvalue weighted by atomic mass is 79.9. The van der Waals surface area contributed by atoms with Crippen LogP contribution in [0.4, 0.5) is 0 Å². The first-order valence-corrected chi connectivity index (χ1v) is 5.69. The van der Waals surface area contributed by atoms with E-state index in [0.29, 0.717) is 0 Å². The zero-order valence-electron chi connectivity index (χ0n) is 8.34. The van der Waals surface area contributed by atoms with E-state index in [0.717, 1.165) is 21.6 Å². The molecule has 0 aliphatic rings. The Labute approximate surface area is 101 Å². The van der Waals surface area contributed by atoms with Gasteiger partial charge in [-0.3, -0.25) is 4.40 Å². The molecule has 0 saturated heterocycles. The van der Waals surface area contributed by atoms with Gasteiger partial charge in [-0.1, -0.05) is 12.1 Å². The molecule has 3 aromatic rings. The summed E-state index contributed by atoms with van der Waals surface area (Å²) in [7, 11) is 0. The molecule has 0 unspecified atom stereocenters. The minimum atomic E-state index is 0.835. The minimum Gasteiger partial charge on any atom is -0.298 e. The Kier molecular flexibility index (Phi) is 2.22. The van der Waals surface area contributed by atoms with Crippen LogP contribution in [0.25, 0.3) is 17.0 Å². The molecule has 3 heterocycles. The summed E-state index contributed by atoms with van der Waals surface area (Å²) >= 11 is 3.38. The molecule has 0 amide bonds. The lowest BCUT2D eigenvalue weighted by atomic mass is 10.2. The zero-order valence-corrected chi connectivity index (χ0v) is 9.92. The number of nitrogens with zero attached hydrogens (tertiary/aromatic N) is 3. The van der Waals surface area contributed by atoms with Crippen LogP contribution in [-0.4, -0.2) is 14.4 Å². The van der Waals surface area contributed by atoms with Gasteiger partial charge in [0.2, 0.25) is 0 Å². The van der Waals surface area contributed by atoms with Gasteiger partial charge in [0.1, 0.15) is 10.3 Å². The van der Waals surface area contributed by atoms with Gasteiger partial charge in [0.15, 0.2) is 0 Å². The van der Waals surface area contributed by atoms with Gasteiger partial charge in [0.25, 0.3) is 0 Å². The summed E-state index contributed by atoms with van der Waals surface area (Å²) in [4.78, 5) is 8.69. The maximum absolute atomic E-state index is 4.44. The number of imidazole rings is 1. The Bertz CT molecular complexity index is 645. The first-order chi connectivity index (χ1) is 7.84. The molecule has 3 nitrogen and oxygen atoms in total. The van der Waals surface area contributed by atoms with Crippen molar-refractivity contribution in [3.8, 4) is 11.4 Å². The summed E-state index contributed by atoms with van der Waals surface area (Å²) in [6.07, 6.45) is 3.73. The topological polar surface area (TPSA) is 30.2 Å². The van der Waals surface area contributed by atoms with Gasteiger partial charge in [-0.05, 0) is 40.2 Å². The van der Waals surface area contributed by atoms with Crippen molar-refractivity contribution in [2.75, 3.05) is 0 Å². The SMILES string of the molecule is Brc1cccc(-c2cccc3nccn23)n1. The number of aromatic nitrogens is 3. The van der Waals surface area contributed by atoms with E-state index in [9.17, 15) is 0 Å². The van der Waals surface area contributed by atoms with Gasteiger partial charge in [-0.25, -0.2) is 9.97 Å². The van der Waals surface area contributed by atoms with Crippen LogP contribution in [0, 0.1) is 0 Å². The van der Waals surface area contributed by atoms with Crippen LogP contribution in [-0.2, 0) is 0 Å². The third-order valence-corrected chi connectivity index (χ3v) is 2.85. The number of halogens is 1. The fraction of sp³-hybridized carbons (Fsp3) is 0. The minimum absolute atomic E-state index is 0.835. The Morgan fingerprint density at radius 3 is 2.81 bits per heavy atom. The number of pyridine rings is 2. The standard InChI is InChI=1S/C12H8BrN3/c13-11-5-1-3-9(15-11)10-4-2-6-12-14-7-8-16(10)12/h1-8H. The Morgan fingerprint density at radius 1 is 1.06 bits per heavy atom. The van der Waals surface area contributed by atoms with Crippen LogP contribution >= 0.6 is 15.9 Å². The van der Waals surface area contributed by atoms with E-state index in [1.165, 1.54) is 0 Å². The molecule has 3 rings (SSSR count). The zero-order chi connectivity index (χ0) is 11.0. The molecule has 0 aromatic carbocycles. The Hall–Kier alpha value is -1.68. The van der Waals surface area contributed by atoms with Crippen molar-refractivity contribution >= 4 is 21.6 Å². The second kappa shape index (κ2) is 3.72. The lowest BCUT2D eigenvalue weighted by Crippen LogP contribution is -1.92. The van der Waals surface area contributed by atoms with E-state index in [-0.39, 0.29) is 0 Å². The van der Waals surface area contributed by atoms with Gasteiger partial charge in [0.05, 0.1) is 11.4 Å². The lowest BCUT2D eigenvalue weighted by Gasteiger charge is -2.04. The van der Waals surface area contributed by atoms with Gasteiger partial charge >= 0.3 is 0 Å². The number of rotatable bonds is 1. The van der Waals surface area contributed by atoms with E-state index < -0.39 is 0 Å². The molecule has 4 heteroatoms. The molecular weight excluding hydrogens is 266 g/mol. The van der Waals surface area contributed by atoms with Crippen molar-refractivity contribution in [3.63, 3.8) is 0 Å². The first kappa shape index (κ1) is 9.54. The predicted molar refractivity (Wildman–Crippen MR) is 66.1 cm³/mol. The van der Waals surface area contributed by atoms with Crippen LogP contribution in [0.1, 0.15) is 0 Å². The highest BCUT2D eigenvalue weighted by Crippen LogP contribution is 2.20. The van der Waals surface area contributed by atoms with E-state index >= 15 is 0 Å². The average Bonchev–Trinajstić information content (AvgIpc) is 2.76. The molecule has 3 aromatic heterocycles. The van der Waals surface area contributed by atoms with Crippen LogP contribution in [0.15, 0.2) is 53.4 Å². The third-order valence-electron chi connectivity index (χ3n) is 2.41. The third kappa shape index (κ3) is 1.51. The number of hydrogen-bond acceptors (Lipinski definition) is 2. The fourth-order valence-electron chi connectivity index (χ4n) is 1.71. The number of fused-ring (bicyclic) bond motifs is 1. The first-order valence-electron chi connectivity index (χ1n) is 4.89. The fourth-order valence-corrected chi connectivity index (χ4v) is 2.05. The van der Waals surface area contributed by atoms with Crippen molar-refractivity contribution in [1.82, 2.24) is 14.4 Å². The molecular formula is C12H8BrN3. The summed E-state index contributed by atoms with van der Waals surface area (Å²) in [5.41, 5.74) is 2.90. The van der Waals surface area contributed by atoms with Crippen molar-refractivity contribution in [1.29, 1.82) is 0 Å². The van der Waals surface area contributed by atoms with Crippen LogP contribution in [0.2, 0.25) is 0 Å². The number of hydrogen-bond donors (Lipinski definition) is 0. The van der Waals surface area contributed by atoms with Crippen molar-refractivity contribution in [3.05, 3.63) is 53.4 Å². The monoisotopic (exact) mass is 273 g/mol. The summed E-state index contributed by atoms with van der Waals surface area (Å²) in [6, 6.07) is 11.9. The second-order valence-corrected chi connectivity index (χ2v) is 4.22. The normalized spacial score (nSPS) is 10.8. The Morgan fingerprint density at radius 2 is 1.94 bits per heavy atom. The van der Waals surface area contributed by atoms with Crippen LogP contribution in [0.5, 0.6) is 0 Å². The van der Waals surface area contributed by atoms with Crippen molar-refractivity contribution in [2.24, 2.45) is 0 Å². The molecule has 0 bridgehead atoms. The molecule has 0 aliphatic carbocycles. The summed E-state index contributed by atoms with van der Waals surface area (Å²) < 4.78 is 2.86. The molecule has 0 radical (unpaired) electrons. The molecule has 0 atom stereocenters. The maximum Gasteiger partial charge on any atom is 0.137 e. The van der Waals surface area contributed by atoms with E-state index in [1.807, 2.05) is 47.0 Å². The van der Waals surface area contributed by atoms with Gasteiger partial charge in [-0.2, -0.15) is 0 Å². The summed E-state index contributed by atoms with van der Waals surface area (Å²) in [5.74, 6) is 0. The molecule has 0 aliphatic heterocycles. The van der Waals surface area contributed by atoms with E-state index in [1.54, 1.807) is 6.20 Å². The van der Waals surface area contributed by atoms with Crippen molar-refractivity contribution < 1.29 is 0 Å². The molecule has 16 heavy (non-hydrogen) atoms. The van der Waals surface area contributed by atoms with Crippen molar-refractivity contribution in [2.45, 2.75) is 0 Å². The predicted octanol–water partition coefficient (Wildman–Crippen LogP) is 3.16. The lowest BCUT2D eigenvalue weighted by molar-refractivity contribution is 1.15. The molecule has 0 N–H and O–H groups in total. The molecule has 78 valence electrons. The summed E-state index contributed by atoms with van der Waals surface area (Å²) in [6.45, 7) is 0. The highest BCUT2D eigenvalue weighted by Gasteiger charge is 2.04. The molecule has 0 saturated carbocycles. The van der Waals surface area contributed by atoms with E-state index in [4.69, 9.17) is 0 Å². The summed E-state index contributed by atoms with van der Waals surface area (Å²) in [5, 5.41) is 0. The molecule has 0 spiro atoms. The van der Waals surface area contributed by atoms with Gasteiger partial charge < -0.3 is 0 Å². The maximum atomic E-state index is 4.44. The van der Waals surface area contributed by atoms with Crippen LogP contribution < -0.4 is 0 Å². The average molecular weight is 274 g/mol. The van der Waals surface area contributed by atoms with E-state index in [2.05, 4.69) is 25.9 Å². The quantitative estimate of drug-likeness (QED) is 0.638. The van der Waals surface area contributed by atoms with Gasteiger partial charge in [-0.15, -0.1) is 0 Å². The molecule has 0 fully saturated rings.